The lowest BCUT2D eigenvalue weighted by Crippen LogP contribution is -2.31. The molecule has 0 radical (unpaired) electrons. The van der Waals surface area contributed by atoms with Crippen LogP contribution >= 0.6 is 0 Å². The summed E-state index contributed by atoms with van der Waals surface area (Å²) in [6, 6.07) is 18.4. The Morgan fingerprint density at radius 1 is 0.771 bits per heavy atom. The second kappa shape index (κ2) is 9.55. The van der Waals surface area contributed by atoms with E-state index in [-0.39, 0.29) is 5.41 Å². The molecule has 3 heterocycles. The number of aliphatic hydroxyl groups is 1. The Morgan fingerprint density at radius 2 is 1.46 bits per heavy atom. The molecule has 6 nitrogen and oxygen atoms in total. The molecule has 0 aliphatic carbocycles. The highest BCUT2D eigenvalue weighted by molar-refractivity contribution is 5.65. The van der Waals surface area contributed by atoms with Crippen molar-refractivity contribution in [3.8, 4) is 28.1 Å². The highest BCUT2D eigenvalue weighted by atomic mass is 16.5. The van der Waals surface area contributed by atoms with Crippen molar-refractivity contribution in [3.05, 3.63) is 90.1 Å². The third-order valence-corrected chi connectivity index (χ3v) is 6.80. The summed E-state index contributed by atoms with van der Waals surface area (Å²) in [7, 11) is 1.65. The van der Waals surface area contributed by atoms with Gasteiger partial charge < -0.3 is 9.84 Å². The molecule has 0 spiro atoms. The van der Waals surface area contributed by atoms with E-state index in [2.05, 4.69) is 66.3 Å². The molecule has 0 fully saturated rings. The molecule has 0 aliphatic rings. The van der Waals surface area contributed by atoms with Gasteiger partial charge in [0.2, 0.25) is 0 Å². The van der Waals surface area contributed by atoms with Crippen LogP contribution in [0.25, 0.3) is 22.4 Å². The zero-order valence-corrected chi connectivity index (χ0v) is 21.1. The van der Waals surface area contributed by atoms with E-state index in [1.165, 1.54) is 5.56 Å². The third kappa shape index (κ3) is 4.93. The molecule has 0 unspecified atom stereocenters. The van der Waals surface area contributed by atoms with Crippen molar-refractivity contribution in [3.63, 3.8) is 0 Å². The summed E-state index contributed by atoms with van der Waals surface area (Å²) in [6.07, 6.45) is 5.40. The predicted molar refractivity (Wildman–Crippen MR) is 138 cm³/mol. The van der Waals surface area contributed by atoms with Gasteiger partial charge in [0.05, 0.1) is 30.4 Å². The molecule has 1 aromatic carbocycles. The molecule has 0 aliphatic heterocycles. The van der Waals surface area contributed by atoms with Crippen molar-refractivity contribution in [1.82, 2.24) is 20.2 Å². The van der Waals surface area contributed by atoms with Gasteiger partial charge in [-0.2, -0.15) is 10.2 Å². The van der Waals surface area contributed by atoms with Gasteiger partial charge in [0.1, 0.15) is 11.4 Å². The van der Waals surface area contributed by atoms with Crippen LogP contribution in [0.3, 0.4) is 0 Å². The number of hydrogen-bond donors (Lipinski definition) is 1. The molecule has 6 heteroatoms. The average Bonchev–Trinajstić information content (AvgIpc) is 2.88. The minimum Gasteiger partial charge on any atom is -0.495 e. The van der Waals surface area contributed by atoms with Crippen LogP contribution in [0.4, 0.5) is 0 Å². The lowest BCUT2D eigenvalue weighted by atomic mass is 9.70. The summed E-state index contributed by atoms with van der Waals surface area (Å²) >= 11 is 0. The SMILES string of the molecule is COc1cncc(-c2ccc([C@](C)(c3ccc(-c4ccc(C(C)(C)O)nn4)cn3)C(C)C)cc2)c1. The zero-order chi connectivity index (χ0) is 25.2. The van der Waals surface area contributed by atoms with Crippen LogP contribution in [0.15, 0.2) is 73.2 Å². The smallest absolute Gasteiger partial charge is 0.137 e. The van der Waals surface area contributed by atoms with Gasteiger partial charge in [-0.3, -0.25) is 9.97 Å². The normalized spacial score (nSPS) is 13.5. The molecular weight excluding hydrogens is 436 g/mol. The Kier molecular flexibility index (Phi) is 6.68. The lowest BCUT2D eigenvalue weighted by molar-refractivity contribution is 0.0729. The molecule has 35 heavy (non-hydrogen) atoms. The molecule has 0 bridgehead atoms. The van der Waals surface area contributed by atoms with Gasteiger partial charge in [0.15, 0.2) is 0 Å². The fraction of sp³-hybridized carbons (Fsp3) is 0.310. The van der Waals surface area contributed by atoms with E-state index < -0.39 is 5.60 Å². The summed E-state index contributed by atoms with van der Waals surface area (Å²) in [5, 5.41) is 18.6. The Bertz CT molecular complexity index is 1280. The van der Waals surface area contributed by atoms with Crippen LogP contribution in [-0.4, -0.2) is 32.4 Å². The molecule has 0 saturated carbocycles. The molecule has 3 aromatic heterocycles. The van der Waals surface area contributed by atoms with E-state index in [9.17, 15) is 5.11 Å². The number of methoxy groups -OCH3 is 1. The van der Waals surface area contributed by atoms with E-state index in [0.29, 0.717) is 11.6 Å². The molecule has 0 saturated heterocycles. The Balaban J connectivity index is 1.63. The monoisotopic (exact) mass is 468 g/mol. The van der Waals surface area contributed by atoms with Crippen LogP contribution in [0, 0.1) is 5.92 Å². The van der Waals surface area contributed by atoms with E-state index in [1.54, 1.807) is 33.2 Å². The predicted octanol–water partition coefficient (Wildman–Crippen LogP) is 5.80. The minimum absolute atomic E-state index is 0.278. The summed E-state index contributed by atoms with van der Waals surface area (Å²) in [5.41, 5.74) is 5.13. The van der Waals surface area contributed by atoms with Gasteiger partial charge >= 0.3 is 0 Å². The molecule has 1 N–H and O–H groups in total. The fourth-order valence-corrected chi connectivity index (χ4v) is 4.14. The first-order chi connectivity index (χ1) is 16.6. The van der Waals surface area contributed by atoms with E-state index in [4.69, 9.17) is 9.72 Å². The number of aromatic nitrogens is 4. The summed E-state index contributed by atoms with van der Waals surface area (Å²) < 4.78 is 5.32. The Labute approximate surface area is 207 Å². The number of nitrogens with zero attached hydrogens (tertiary/aromatic N) is 4. The quantitative estimate of drug-likeness (QED) is 0.369. The first kappa shape index (κ1) is 24.5. The molecule has 1 atom stereocenters. The van der Waals surface area contributed by atoms with Crippen LogP contribution in [-0.2, 0) is 11.0 Å². The van der Waals surface area contributed by atoms with Gasteiger partial charge in [0, 0.05) is 28.9 Å². The average molecular weight is 469 g/mol. The zero-order valence-electron chi connectivity index (χ0n) is 21.1. The largest absolute Gasteiger partial charge is 0.495 e. The lowest BCUT2D eigenvalue weighted by Gasteiger charge is -2.34. The van der Waals surface area contributed by atoms with Gasteiger partial charge in [-0.25, -0.2) is 0 Å². The van der Waals surface area contributed by atoms with Gasteiger partial charge in [-0.1, -0.05) is 38.1 Å². The first-order valence-corrected chi connectivity index (χ1v) is 11.8. The van der Waals surface area contributed by atoms with Crippen molar-refractivity contribution in [2.24, 2.45) is 5.92 Å². The van der Waals surface area contributed by atoms with Crippen LogP contribution in [0.2, 0.25) is 0 Å². The summed E-state index contributed by atoms with van der Waals surface area (Å²) in [6.45, 7) is 10.1. The Morgan fingerprint density at radius 3 is 2.00 bits per heavy atom. The fourth-order valence-electron chi connectivity index (χ4n) is 4.14. The van der Waals surface area contributed by atoms with Crippen molar-refractivity contribution < 1.29 is 9.84 Å². The maximum Gasteiger partial charge on any atom is 0.137 e. The van der Waals surface area contributed by atoms with Crippen molar-refractivity contribution >= 4 is 0 Å². The van der Waals surface area contributed by atoms with Crippen LogP contribution in [0.1, 0.15) is 51.6 Å². The van der Waals surface area contributed by atoms with Gasteiger partial charge in [-0.15, -0.1) is 0 Å². The number of pyridine rings is 2. The van der Waals surface area contributed by atoms with E-state index in [1.807, 2.05) is 30.6 Å². The van der Waals surface area contributed by atoms with Crippen LogP contribution in [0.5, 0.6) is 5.75 Å². The van der Waals surface area contributed by atoms with E-state index >= 15 is 0 Å². The van der Waals surface area contributed by atoms with Crippen LogP contribution < -0.4 is 4.74 Å². The minimum atomic E-state index is -1.02. The van der Waals surface area contributed by atoms with Gasteiger partial charge in [0.25, 0.3) is 0 Å². The third-order valence-electron chi connectivity index (χ3n) is 6.80. The van der Waals surface area contributed by atoms with Crippen molar-refractivity contribution in [2.45, 2.75) is 45.6 Å². The standard InChI is InChI=1S/C29H32N4O2/c1-19(2)29(5,23-10-7-20(8-11-23)22-15-24(35-6)18-30-16-22)27-13-9-21(17-31-27)25-12-14-26(33-32-25)28(3,4)34/h7-19,34H,1-6H3/t29-/m1/s1. The van der Waals surface area contributed by atoms with Crippen molar-refractivity contribution in [2.75, 3.05) is 7.11 Å². The molecule has 4 aromatic rings. The topological polar surface area (TPSA) is 81.0 Å². The van der Waals surface area contributed by atoms with E-state index in [0.717, 1.165) is 33.8 Å². The van der Waals surface area contributed by atoms with Gasteiger partial charge in [-0.05, 0) is 68.1 Å². The molecular formula is C29H32N4O2. The first-order valence-electron chi connectivity index (χ1n) is 11.8. The summed E-state index contributed by atoms with van der Waals surface area (Å²) in [4.78, 5) is 9.13. The molecule has 180 valence electrons. The maximum absolute atomic E-state index is 10.1. The highest BCUT2D eigenvalue weighted by Gasteiger charge is 2.34. The highest BCUT2D eigenvalue weighted by Crippen LogP contribution is 2.39. The molecule has 0 amide bonds. The number of benzene rings is 1. The number of ether oxygens (including phenoxy) is 1. The molecule has 4 rings (SSSR count). The van der Waals surface area contributed by atoms with Crippen molar-refractivity contribution in [1.29, 1.82) is 0 Å². The summed E-state index contributed by atoms with van der Waals surface area (Å²) in [5.74, 6) is 1.05. The number of rotatable bonds is 7. The Hall–Kier alpha value is -3.64. The number of hydrogen-bond acceptors (Lipinski definition) is 6. The second-order valence-electron chi connectivity index (χ2n) is 9.84. The maximum atomic E-state index is 10.1. The second-order valence-corrected chi connectivity index (χ2v) is 9.84.